The first-order valence-corrected chi connectivity index (χ1v) is 7.28. The summed E-state index contributed by atoms with van der Waals surface area (Å²) in [5, 5.41) is 4.10. The predicted molar refractivity (Wildman–Crippen MR) is 75.6 cm³/mol. The molecule has 0 radical (unpaired) electrons. The average Bonchev–Trinajstić information content (AvgIpc) is 3.01. The fourth-order valence-corrected chi connectivity index (χ4v) is 3.60. The van der Waals surface area contributed by atoms with Crippen LogP contribution in [0, 0.1) is 6.92 Å². The van der Waals surface area contributed by atoms with Gasteiger partial charge < -0.3 is 4.90 Å². The third-order valence-electron chi connectivity index (χ3n) is 4.59. The highest BCUT2D eigenvalue weighted by atomic mass is 16.2. The van der Waals surface area contributed by atoms with Crippen LogP contribution in [0.5, 0.6) is 0 Å². The van der Waals surface area contributed by atoms with Gasteiger partial charge in [0, 0.05) is 37.5 Å². The minimum Gasteiger partial charge on any atom is -0.327 e. The number of nitrogens with zero attached hydrogens (tertiary/aromatic N) is 5. The highest BCUT2D eigenvalue weighted by Crippen LogP contribution is 2.43. The fraction of sp³-hybridized carbons (Fsp3) is 0.467. The minimum atomic E-state index is 0.0636. The van der Waals surface area contributed by atoms with Gasteiger partial charge in [0.1, 0.15) is 11.5 Å². The lowest BCUT2D eigenvalue weighted by molar-refractivity contribution is 0.0632. The second-order valence-electron chi connectivity index (χ2n) is 5.82. The third kappa shape index (κ3) is 1.78. The van der Waals surface area contributed by atoms with Gasteiger partial charge in [-0.15, -0.1) is 0 Å². The number of carbonyl (C=O) groups excluding carboxylic acids is 1. The van der Waals surface area contributed by atoms with Crippen LogP contribution in [0.25, 0.3) is 0 Å². The maximum atomic E-state index is 12.8. The molecule has 1 amide bonds. The second kappa shape index (κ2) is 4.38. The van der Waals surface area contributed by atoms with Crippen LogP contribution in [-0.2, 0) is 13.5 Å². The predicted octanol–water partition coefficient (Wildman–Crippen LogP) is 1.42. The van der Waals surface area contributed by atoms with Crippen molar-refractivity contribution in [2.24, 2.45) is 7.05 Å². The number of amides is 1. The van der Waals surface area contributed by atoms with E-state index in [1.165, 1.54) is 0 Å². The Kier molecular flexibility index (Phi) is 2.60. The molecular weight excluding hydrogens is 266 g/mol. The lowest BCUT2D eigenvalue weighted by Gasteiger charge is -2.35. The Balaban J connectivity index is 1.74. The zero-order valence-corrected chi connectivity index (χ0v) is 12.2. The maximum absolute atomic E-state index is 12.8. The van der Waals surface area contributed by atoms with Crippen LogP contribution >= 0.6 is 0 Å². The molecule has 4 rings (SSSR count). The molecule has 21 heavy (non-hydrogen) atoms. The van der Waals surface area contributed by atoms with E-state index >= 15 is 0 Å². The first-order chi connectivity index (χ1) is 10.1. The summed E-state index contributed by atoms with van der Waals surface area (Å²) in [7, 11) is 1.81. The monoisotopic (exact) mass is 283 g/mol. The van der Waals surface area contributed by atoms with Gasteiger partial charge in [-0.3, -0.25) is 9.48 Å². The summed E-state index contributed by atoms with van der Waals surface area (Å²) in [5.41, 5.74) is 2.87. The molecular formula is C15H17N5O. The standard InChI is InChI=1S/C15H17N5O/c1-9-16-8-11-12(18-9)7-10-3-4-13(11)20(10)15(21)14-5-6-17-19(14)2/h5-6,8,10,13H,3-4,7H2,1-2H3/t10-,13+/m0/s1. The molecule has 2 aromatic rings. The molecule has 0 aliphatic carbocycles. The van der Waals surface area contributed by atoms with E-state index < -0.39 is 0 Å². The topological polar surface area (TPSA) is 63.9 Å². The zero-order chi connectivity index (χ0) is 14.6. The van der Waals surface area contributed by atoms with Crippen molar-refractivity contribution < 1.29 is 4.79 Å². The quantitative estimate of drug-likeness (QED) is 0.794. The number of carbonyl (C=O) groups is 1. The summed E-state index contributed by atoms with van der Waals surface area (Å²) in [6.45, 7) is 1.91. The van der Waals surface area contributed by atoms with Crippen molar-refractivity contribution in [2.75, 3.05) is 0 Å². The molecule has 0 saturated carbocycles. The summed E-state index contributed by atoms with van der Waals surface area (Å²) in [6, 6.07) is 2.14. The number of hydrogen-bond donors (Lipinski definition) is 0. The first kappa shape index (κ1) is 12.5. The molecule has 0 spiro atoms. The summed E-state index contributed by atoms with van der Waals surface area (Å²) in [5.74, 6) is 0.869. The summed E-state index contributed by atoms with van der Waals surface area (Å²) >= 11 is 0. The van der Waals surface area contributed by atoms with Gasteiger partial charge in [0.2, 0.25) is 0 Å². The smallest absolute Gasteiger partial charge is 0.272 e. The normalized spacial score (nSPS) is 23.2. The van der Waals surface area contributed by atoms with Crippen LogP contribution in [0.3, 0.4) is 0 Å². The van der Waals surface area contributed by atoms with Crippen molar-refractivity contribution in [3.8, 4) is 0 Å². The minimum absolute atomic E-state index is 0.0636. The van der Waals surface area contributed by atoms with E-state index in [1.54, 1.807) is 24.0 Å². The molecule has 4 heterocycles. The Hall–Kier alpha value is -2.24. The molecule has 2 atom stereocenters. The Morgan fingerprint density at radius 3 is 3.00 bits per heavy atom. The van der Waals surface area contributed by atoms with Crippen LogP contribution < -0.4 is 0 Å². The molecule has 6 heteroatoms. The van der Waals surface area contributed by atoms with Gasteiger partial charge in [-0.1, -0.05) is 0 Å². The van der Waals surface area contributed by atoms with E-state index in [9.17, 15) is 4.79 Å². The van der Waals surface area contributed by atoms with Crippen LogP contribution in [0.1, 0.15) is 46.5 Å². The summed E-state index contributed by atoms with van der Waals surface area (Å²) in [6.07, 6.45) is 6.42. The van der Waals surface area contributed by atoms with Crippen molar-refractivity contribution in [1.29, 1.82) is 0 Å². The zero-order valence-electron chi connectivity index (χ0n) is 12.2. The van der Waals surface area contributed by atoms with E-state index in [2.05, 4.69) is 15.1 Å². The number of fused-ring (bicyclic) bond motifs is 4. The number of aromatic nitrogens is 4. The van der Waals surface area contributed by atoms with E-state index in [4.69, 9.17) is 0 Å². The number of hydrogen-bond acceptors (Lipinski definition) is 4. The molecule has 0 N–H and O–H groups in total. The van der Waals surface area contributed by atoms with Gasteiger partial charge in [0.15, 0.2) is 0 Å². The fourth-order valence-electron chi connectivity index (χ4n) is 3.60. The highest BCUT2D eigenvalue weighted by Gasteiger charge is 2.44. The van der Waals surface area contributed by atoms with Gasteiger partial charge in [-0.2, -0.15) is 5.10 Å². The van der Waals surface area contributed by atoms with Crippen LogP contribution in [-0.4, -0.2) is 36.6 Å². The van der Waals surface area contributed by atoms with Gasteiger partial charge >= 0.3 is 0 Å². The highest BCUT2D eigenvalue weighted by molar-refractivity contribution is 5.93. The molecule has 2 aromatic heterocycles. The Morgan fingerprint density at radius 2 is 2.24 bits per heavy atom. The number of rotatable bonds is 1. The van der Waals surface area contributed by atoms with Gasteiger partial charge in [0.05, 0.1) is 11.7 Å². The first-order valence-electron chi connectivity index (χ1n) is 7.28. The summed E-state index contributed by atoms with van der Waals surface area (Å²) < 4.78 is 1.64. The molecule has 2 bridgehead atoms. The van der Waals surface area contributed by atoms with E-state index in [-0.39, 0.29) is 18.0 Å². The Labute approximate surface area is 122 Å². The largest absolute Gasteiger partial charge is 0.327 e. The van der Waals surface area contributed by atoms with Crippen LogP contribution in [0.4, 0.5) is 0 Å². The molecule has 108 valence electrons. The van der Waals surface area contributed by atoms with Crippen molar-refractivity contribution in [2.45, 2.75) is 38.3 Å². The molecule has 1 saturated heterocycles. The Bertz CT molecular complexity index is 723. The third-order valence-corrected chi connectivity index (χ3v) is 4.59. The lowest BCUT2D eigenvalue weighted by atomic mass is 9.98. The summed E-state index contributed by atoms with van der Waals surface area (Å²) in [4.78, 5) is 23.7. The van der Waals surface area contributed by atoms with Gasteiger partial charge in [-0.05, 0) is 25.8 Å². The lowest BCUT2D eigenvalue weighted by Crippen LogP contribution is -2.43. The molecule has 2 aliphatic heterocycles. The molecule has 0 aromatic carbocycles. The molecule has 6 nitrogen and oxygen atoms in total. The second-order valence-corrected chi connectivity index (χ2v) is 5.82. The van der Waals surface area contributed by atoms with E-state index in [1.807, 2.05) is 18.0 Å². The molecule has 2 aliphatic rings. The van der Waals surface area contributed by atoms with Gasteiger partial charge in [0.25, 0.3) is 5.91 Å². The Morgan fingerprint density at radius 1 is 1.38 bits per heavy atom. The number of aryl methyl sites for hydroxylation is 2. The maximum Gasteiger partial charge on any atom is 0.272 e. The van der Waals surface area contributed by atoms with Gasteiger partial charge in [-0.25, -0.2) is 9.97 Å². The van der Waals surface area contributed by atoms with E-state index in [0.717, 1.165) is 36.3 Å². The van der Waals surface area contributed by atoms with Crippen molar-refractivity contribution in [1.82, 2.24) is 24.6 Å². The average molecular weight is 283 g/mol. The van der Waals surface area contributed by atoms with Crippen molar-refractivity contribution in [3.63, 3.8) is 0 Å². The molecule has 0 unspecified atom stereocenters. The molecule has 1 fully saturated rings. The van der Waals surface area contributed by atoms with Crippen molar-refractivity contribution >= 4 is 5.91 Å². The van der Waals surface area contributed by atoms with Crippen LogP contribution in [0.2, 0.25) is 0 Å². The van der Waals surface area contributed by atoms with Crippen molar-refractivity contribution in [3.05, 3.63) is 41.2 Å². The van der Waals surface area contributed by atoms with Crippen LogP contribution in [0.15, 0.2) is 18.5 Å². The van der Waals surface area contributed by atoms with E-state index in [0.29, 0.717) is 5.69 Å². The SMILES string of the molecule is Cc1ncc2c(n1)C[C@@H]1CC[C@H]2N1C(=O)c1ccnn1C.